The summed E-state index contributed by atoms with van der Waals surface area (Å²) in [5, 5.41) is 2.54. The van der Waals surface area contributed by atoms with E-state index in [9.17, 15) is 0 Å². The first-order valence-electron chi connectivity index (χ1n) is 5.78. The van der Waals surface area contributed by atoms with Crippen molar-refractivity contribution in [3.05, 3.63) is 63.5 Å². The highest BCUT2D eigenvalue weighted by Gasteiger charge is 2.05. The van der Waals surface area contributed by atoms with Gasteiger partial charge in [0.2, 0.25) is 0 Å². The lowest BCUT2D eigenvalue weighted by Gasteiger charge is -2.04. The summed E-state index contributed by atoms with van der Waals surface area (Å²) >= 11 is 13.8. The smallest absolute Gasteiger partial charge is 0.122 e. The Morgan fingerprint density at radius 2 is 1.84 bits per heavy atom. The van der Waals surface area contributed by atoms with Gasteiger partial charge in [0.25, 0.3) is 0 Å². The van der Waals surface area contributed by atoms with E-state index in [1.165, 1.54) is 4.70 Å². The van der Waals surface area contributed by atoms with Crippen molar-refractivity contribution in [1.29, 1.82) is 0 Å². The van der Waals surface area contributed by atoms with Crippen LogP contribution in [0, 0.1) is 0 Å². The summed E-state index contributed by atoms with van der Waals surface area (Å²) in [4.78, 5) is 1.14. The maximum atomic E-state index is 6.16. The van der Waals surface area contributed by atoms with Gasteiger partial charge < -0.3 is 4.74 Å². The van der Waals surface area contributed by atoms with Crippen LogP contribution in [0.25, 0.3) is 10.1 Å². The molecule has 4 heteroatoms. The number of hydrogen-bond acceptors (Lipinski definition) is 2. The molecule has 3 aromatic rings. The van der Waals surface area contributed by atoms with E-state index in [0.29, 0.717) is 11.6 Å². The van der Waals surface area contributed by atoms with Crippen molar-refractivity contribution in [3.63, 3.8) is 0 Å². The van der Waals surface area contributed by atoms with Crippen LogP contribution in [0.5, 0.6) is 5.75 Å². The summed E-state index contributed by atoms with van der Waals surface area (Å²) in [5.41, 5.74) is 0. The van der Waals surface area contributed by atoms with Crippen molar-refractivity contribution in [2.75, 3.05) is 0 Å². The van der Waals surface area contributed by atoms with Crippen molar-refractivity contribution in [2.24, 2.45) is 0 Å². The molecule has 1 heterocycles. The van der Waals surface area contributed by atoms with Gasteiger partial charge in [0.1, 0.15) is 12.4 Å². The van der Waals surface area contributed by atoms with Gasteiger partial charge in [-0.05, 0) is 36.4 Å². The van der Waals surface area contributed by atoms with Crippen LogP contribution in [0.3, 0.4) is 0 Å². The molecule has 1 nitrogen and oxygen atoms in total. The third-order valence-corrected chi connectivity index (χ3v) is 4.37. The van der Waals surface area contributed by atoms with Gasteiger partial charge in [0.05, 0.1) is 0 Å². The fraction of sp³-hybridized carbons (Fsp3) is 0.0667. The number of halogens is 2. The fourth-order valence-electron chi connectivity index (χ4n) is 1.86. The van der Waals surface area contributed by atoms with E-state index in [0.717, 1.165) is 21.0 Å². The molecule has 3 rings (SSSR count). The highest BCUT2D eigenvalue weighted by atomic mass is 35.5. The van der Waals surface area contributed by atoms with Gasteiger partial charge in [-0.3, -0.25) is 0 Å². The molecule has 0 aliphatic carbocycles. The van der Waals surface area contributed by atoms with Crippen LogP contribution >= 0.6 is 34.5 Å². The number of thiophene rings is 1. The predicted octanol–water partition coefficient (Wildman–Crippen LogP) is 5.79. The largest absolute Gasteiger partial charge is 0.488 e. The van der Waals surface area contributed by atoms with E-state index in [2.05, 4.69) is 12.1 Å². The van der Waals surface area contributed by atoms with Crippen LogP contribution in [0.1, 0.15) is 4.88 Å². The zero-order valence-electron chi connectivity index (χ0n) is 9.90. The summed E-state index contributed by atoms with van der Waals surface area (Å²) in [5.74, 6) is 0.774. The van der Waals surface area contributed by atoms with Crippen molar-refractivity contribution >= 4 is 44.6 Å². The molecule has 0 saturated carbocycles. The summed E-state index contributed by atoms with van der Waals surface area (Å²) < 4.78 is 6.90. The first kappa shape index (κ1) is 12.8. The maximum absolute atomic E-state index is 6.16. The maximum Gasteiger partial charge on any atom is 0.122 e. The molecule has 2 aromatic carbocycles. The summed E-state index contributed by atoms with van der Waals surface area (Å²) in [6, 6.07) is 15.4. The Kier molecular flexibility index (Phi) is 3.65. The molecule has 0 radical (unpaired) electrons. The van der Waals surface area contributed by atoms with Crippen LogP contribution in [-0.4, -0.2) is 0 Å². The number of hydrogen-bond donors (Lipinski definition) is 0. The lowest BCUT2D eigenvalue weighted by atomic mass is 10.2. The number of fused-ring (bicyclic) bond motifs is 1. The first-order chi connectivity index (χ1) is 9.22. The summed E-state index contributed by atoms with van der Waals surface area (Å²) in [6.45, 7) is 0.524. The average Bonchev–Trinajstić information content (AvgIpc) is 2.81. The highest BCUT2D eigenvalue weighted by molar-refractivity contribution is 7.19. The molecule has 0 fully saturated rings. The van der Waals surface area contributed by atoms with Crippen LogP contribution < -0.4 is 4.74 Å². The molecule has 0 unspecified atom stereocenters. The molecule has 0 amide bonds. The lowest BCUT2D eigenvalue weighted by Crippen LogP contribution is -1.92. The molecule has 0 saturated heterocycles. The minimum atomic E-state index is 0.524. The predicted molar refractivity (Wildman–Crippen MR) is 82.6 cm³/mol. The Bertz CT molecular complexity index is 721. The Morgan fingerprint density at radius 1 is 1.00 bits per heavy atom. The van der Waals surface area contributed by atoms with Crippen LogP contribution in [-0.2, 0) is 6.61 Å². The Labute approximate surface area is 125 Å². The molecule has 0 aliphatic rings. The molecular weight excluding hydrogens is 299 g/mol. The molecule has 0 atom stereocenters. The third kappa shape index (κ3) is 2.86. The topological polar surface area (TPSA) is 9.23 Å². The zero-order chi connectivity index (χ0) is 13.2. The molecule has 19 heavy (non-hydrogen) atoms. The second kappa shape index (κ2) is 5.41. The van der Waals surface area contributed by atoms with E-state index >= 15 is 0 Å². The number of ether oxygens (including phenoxy) is 1. The fourth-order valence-corrected chi connectivity index (χ4v) is 3.33. The van der Waals surface area contributed by atoms with Crippen molar-refractivity contribution in [2.45, 2.75) is 6.61 Å². The van der Waals surface area contributed by atoms with Gasteiger partial charge in [-0.15, -0.1) is 11.3 Å². The molecule has 96 valence electrons. The summed E-state index contributed by atoms with van der Waals surface area (Å²) in [7, 11) is 0. The van der Waals surface area contributed by atoms with E-state index in [-0.39, 0.29) is 0 Å². The average molecular weight is 309 g/mol. The molecule has 0 spiro atoms. The SMILES string of the molecule is Clc1cccc(OCc2cc3c(Cl)cccc3s2)c1. The van der Waals surface area contributed by atoms with Crippen molar-refractivity contribution in [3.8, 4) is 5.75 Å². The van der Waals surface area contributed by atoms with Crippen molar-refractivity contribution in [1.82, 2.24) is 0 Å². The molecule has 1 aromatic heterocycles. The highest BCUT2D eigenvalue weighted by Crippen LogP contribution is 2.31. The van der Waals surface area contributed by atoms with E-state index in [1.807, 2.05) is 36.4 Å². The van der Waals surface area contributed by atoms with Crippen LogP contribution in [0.15, 0.2) is 48.5 Å². The van der Waals surface area contributed by atoms with Crippen molar-refractivity contribution < 1.29 is 4.74 Å². The van der Waals surface area contributed by atoms with E-state index in [4.69, 9.17) is 27.9 Å². The van der Waals surface area contributed by atoms with Gasteiger partial charge in [-0.2, -0.15) is 0 Å². The molecule has 0 N–H and O–H groups in total. The lowest BCUT2D eigenvalue weighted by molar-refractivity contribution is 0.310. The third-order valence-electron chi connectivity index (χ3n) is 2.74. The standard InChI is InChI=1S/C15H10Cl2OS/c16-10-3-1-4-11(7-10)18-9-12-8-13-14(17)5-2-6-15(13)19-12/h1-8H,9H2. The molecular formula is C15H10Cl2OS. The van der Waals surface area contributed by atoms with Gasteiger partial charge in [0, 0.05) is 25.0 Å². The van der Waals surface area contributed by atoms with Gasteiger partial charge in [-0.1, -0.05) is 35.3 Å². The second-order valence-corrected chi connectivity index (χ2v) is 6.12. The quantitative estimate of drug-likeness (QED) is 0.595. The minimum absolute atomic E-state index is 0.524. The van der Waals surface area contributed by atoms with Gasteiger partial charge in [-0.25, -0.2) is 0 Å². The van der Waals surface area contributed by atoms with Gasteiger partial charge >= 0.3 is 0 Å². The monoisotopic (exact) mass is 308 g/mol. The molecule has 0 bridgehead atoms. The number of rotatable bonds is 3. The Morgan fingerprint density at radius 3 is 2.63 bits per heavy atom. The Balaban J connectivity index is 1.80. The zero-order valence-corrected chi connectivity index (χ0v) is 12.2. The van der Waals surface area contributed by atoms with E-state index in [1.54, 1.807) is 11.3 Å². The normalized spacial score (nSPS) is 10.8. The minimum Gasteiger partial charge on any atom is -0.488 e. The Hall–Kier alpha value is -1.22. The van der Waals surface area contributed by atoms with Crippen LogP contribution in [0.2, 0.25) is 10.0 Å². The number of benzene rings is 2. The first-order valence-corrected chi connectivity index (χ1v) is 7.35. The summed E-state index contributed by atoms with van der Waals surface area (Å²) in [6.07, 6.45) is 0. The van der Waals surface area contributed by atoms with E-state index < -0.39 is 0 Å². The van der Waals surface area contributed by atoms with Gasteiger partial charge in [0.15, 0.2) is 0 Å². The second-order valence-electron chi connectivity index (χ2n) is 4.11. The van der Waals surface area contributed by atoms with Crippen LogP contribution in [0.4, 0.5) is 0 Å². The molecule has 0 aliphatic heterocycles.